The summed E-state index contributed by atoms with van der Waals surface area (Å²) in [5.41, 5.74) is 11.4. The van der Waals surface area contributed by atoms with E-state index in [9.17, 15) is 24.3 Å². The number of halogens is 1. The number of hydrogen-bond donors (Lipinski definition) is 5. The molecule has 0 aliphatic heterocycles. The molecule has 0 aliphatic carbocycles. The summed E-state index contributed by atoms with van der Waals surface area (Å²) in [7, 11) is 0. The van der Waals surface area contributed by atoms with Gasteiger partial charge >= 0.3 is 5.97 Å². The number of hydrogen-bond acceptors (Lipinski definition) is 6. The van der Waals surface area contributed by atoms with Crippen LogP contribution in [0.15, 0.2) is 18.2 Å². The van der Waals surface area contributed by atoms with Crippen molar-refractivity contribution in [1.29, 1.82) is 0 Å². The van der Waals surface area contributed by atoms with E-state index in [1.807, 2.05) is 13.8 Å². The van der Waals surface area contributed by atoms with Crippen molar-refractivity contribution in [1.82, 2.24) is 10.6 Å². The number of amides is 3. The van der Waals surface area contributed by atoms with Crippen molar-refractivity contribution in [3.05, 3.63) is 28.8 Å². The molecule has 11 heteroatoms. The monoisotopic (exact) mass is 512 g/mol. The van der Waals surface area contributed by atoms with Gasteiger partial charge in [-0.15, -0.1) is 0 Å². The summed E-state index contributed by atoms with van der Waals surface area (Å²) >= 11 is 6.08. The Balaban J connectivity index is 3.10. The predicted molar refractivity (Wildman–Crippen MR) is 133 cm³/mol. The molecule has 1 rings (SSSR count). The zero-order valence-corrected chi connectivity index (χ0v) is 21.4. The summed E-state index contributed by atoms with van der Waals surface area (Å²) in [4.78, 5) is 49.0. The first-order chi connectivity index (χ1) is 16.3. The normalized spacial score (nSPS) is 14.5. The van der Waals surface area contributed by atoms with E-state index >= 15 is 0 Å². The number of primary amides is 1. The van der Waals surface area contributed by atoms with Gasteiger partial charge in [0.1, 0.15) is 24.4 Å². The molecule has 1 aromatic rings. The molecule has 0 saturated heterocycles. The largest absolute Gasteiger partial charge is 0.491 e. The Morgan fingerprint density at radius 3 is 2.34 bits per heavy atom. The fraction of sp³-hybridized carbons (Fsp3) is 0.583. The predicted octanol–water partition coefficient (Wildman–Crippen LogP) is 2.07. The Labute approximate surface area is 211 Å². The molecular formula is C24H37ClN4O6. The third-order valence-corrected chi connectivity index (χ3v) is 5.73. The molecule has 4 atom stereocenters. The molecule has 3 amide bonds. The lowest BCUT2D eigenvalue weighted by Crippen LogP contribution is -2.53. The second-order valence-corrected chi connectivity index (χ2v) is 9.52. The summed E-state index contributed by atoms with van der Waals surface area (Å²) in [5, 5.41) is 14.8. The van der Waals surface area contributed by atoms with Gasteiger partial charge < -0.3 is 31.9 Å². The average Bonchev–Trinajstić information content (AvgIpc) is 2.77. The van der Waals surface area contributed by atoms with Crippen molar-refractivity contribution in [2.45, 2.75) is 71.5 Å². The molecular weight excluding hydrogens is 476 g/mol. The Bertz CT molecular complexity index is 895. The highest BCUT2D eigenvalue weighted by Gasteiger charge is 2.30. The zero-order chi connectivity index (χ0) is 26.7. The zero-order valence-electron chi connectivity index (χ0n) is 20.7. The van der Waals surface area contributed by atoms with E-state index in [1.54, 1.807) is 19.9 Å². The summed E-state index contributed by atoms with van der Waals surface area (Å²) in [6.45, 7) is 7.73. The molecule has 10 nitrogen and oxygen atoms in total. The number of aliphatic carboxylic acids is 1. The highest BCUT2D eigenvalue weighted by atomic mass is 35.5. The molecule has 0 unspecified atom stereocenters. The number of carbonyl (C=O) groups excluding carboxylic acids is 3. The van der Waals surface area contributed by atoms with Gasteiger partial charge in [0.05, 0.1) is 5.56 Å². The van der Waals surface area contributed by atoms with Crippen LogP contribution in [0.1, 0.15) is 63.7 Å². The molecule has 0 heterocycles. The van der Waals surface area contributed by atoms with Gasteiger partial charge in [0.15, 0.2) is 0 Å². The maximum atomic E-state index is 13.1. The van der Waals surface area contributed by atoms with E-state index in [4.69, 9.17) is 27.8 Å². The van der Waals surface area contributed by atoms with Crippen LogP contribution in [0, 0.1) is 11.8 Å². The molecule has 196 valence electrons. The lowest BCUT2D eigenvalue weighted by Gasteiger charge is -2.24. The first-order valence-electron chi connectivity index (χ1n) is 11.7. The van der Waals surface area contributed by atoms with E-state index in [0.29, 0.717) is 12.3 Å². The van der Waals surface area contributed by atoms with Crippen LogP contribution in [0.2, 0.25) is 5.02 Å². The topological polar surface area (TPSA) is 174 Å². The molecule has 1 aromatic carbocycles. The van der Waals surface area contributed by atoms with Crippen molar-refractivity contribution in [3.63, 3.8) is 0 Å². The van der Waals surface area contributed by atoms with Gasteiger partial charge in [0.25, 0.3) is 5.91 Å². The first-order valence-corrected chi connectivity index (χ1v) is 12.0. The van der Waals surface area contributed by atoms with E-state index in [2.05, 4.69) is 10.6 Å². The number of carboxylic acid groups (broad SMARTS) is 1. The lowest BCUT2D eigenvalue weighted by atomic mass is 9.98. The second-order valence-electron chi connectivity index (χ2n) is 9.08. The molecule has 0 spiro atoms. The van der Waals surface area contributed by atoms with Crippen LogP contribution in [-0.4, -0.2) is 53.5 Å². The number of nitrogens with two attached hydrogens (primary N) is 2. The summed E-state index contributed by atoms with van der Waals surface area (Å²) in [6.07, 6.45) is 0.932. The van der Waals surface area contributed by atoms with E-state index < -0.39 is 35.8 Å². The molecule has 0 saturated carbocycles. The Hall–Kier alpha value is -2.85. The van der Waals surface area contributed by atoms with Crippen LogP contribution in [0.3, 0.4) is 0 Å². The number of carbonyl (C=O) groups is 4. The second kappa shape index (κ2) is 14.5. The molecule has 7 N–H and O–H groups in total. The van der Waals surface area contributed by atoms with Crippen molar-refractivity contribution in [2.24, 2.45) is 23.3 Å². The van der Waals surface area contributed by atoms with Crippen LogP contribution in [0.5, 0.6) is 5.75 Å². The van der Waals surface area contributed by atoms with E-state index in [0.717, 1.165) is 6.42 Å². The molecule has 0 bridgehead atoms. The molecule has 0 radical (unpaired) electrons. The first kappa shape index (κ1) is 30.2. The Morgan fingerprint density at radius 2 is 1.80 bits per heavy atom. The van der Waals surface area contributed by atoms with Gasteiger partial charge in [0, 0.05) is 17.5 Å². The average molecular weight is 513 g/mol. The van der Waals surface area contributed by atoms with Crippen LogP contribution in [0.25, 0.3) is 0 Å². The smallest absolute Gasteiger partial charge is 0.326 e. The fourth-order valence-electron chi connectivity index (χ4n) is 3.40. The summed E-state index contributed by atoms with van der Waals surface area (Å²) < 4.78 is 5.76. The van der Waals surface area contributed by atoms with Crippen LogP contribution in [0.4, 0.5) is 0 Å². The highest BCUT2D eigenvalue weighted by molar-refractivity contribution is 6.31. The number of ether oxygens (including phenoxy) is 1. The number of rotatable bonds is 15. The molecule has 0 aliphatic rings. The molecule has 35 heavy (non-hydrogen) atoms. The lowest BCUT2D eigenvalue weighted by molar-refractivity contribution is -0.143. The minimum atomic E-state index is -1.21. The van der Waals surface area contributed by atoms with Crippen LogP contribution < -0.4 is 26.8 Å². The minimum Gasteiger partial charge on any atom is -0.491 e. The maximum absolute atomic E-state index is 13.1. The van der Waals surface area contributed by atoms with Gasteiger partial charge in [0.2, 0.25) is 11.8 Å². The van der Waals surface area contributed by atoms with Crippen LogP contribution in [-0.2, 0) is 14.4 Å². The SMILES string of the molecule is CC[C@H](C)[C@H](NC(=O)[C@H](CCC(N)=O)NC(=O)c1cc(Cl)ccc1OC[C@@H](N)CC(C)C)C(=O)O. The highest BCUT2D eigenvalue weighted by Crippen LogP contribution is 2.24. The summed E-state index contributed by atoms with van der Waals surface area (Å²) in [5.74, 6) is -3.04. The van der Waals surface area contributed by atoms with Gasteiger partial charge in [-0.05, 0) is 42.9 Å². The quantitative estimate of drug-likeness (QED) is 0.239. The van der Waals surface area contributed by atoms with Gasteiger partial charge in [-0.25, -0.2) is 4.79 Å². The Morgan fingerprint density at radius 1 is 1.14 bits per heavy atom. The maximum Gasteiger partial charge on any atom is 0.326 e. The van der Waals surface area contributed by atoms with Crippen molar-refractivity contribution < 1.29 is 29.0 Å². The van der Waals surface area contributed by atoms with E-state index in [1.165, 1.54) is 12.1 Å². The minimum absolute atomic E-state index is 0.0721. The molecule has 0 fully saturated rings. The van der Waals surface area contributed by atoms with Crippen molar-refractivity contribution in [2.75, 3.05) is 6.61 Å². The van der Waals surface area contributed by atoms with Gasteiger partial charge in [-0.3, -0.25) is 14.4 Å². The Kier molecular flexibility index (Phi) is 12.5. The van der Waals surface area contributed by atoms with Crippen molar-refractivity contribution in [3.8, 4) is 5.75 Å². The van der Waals surface area contributed by atoms with Crippen molar-refractivity contribution >= 4 is 35.3 Å². The number of carboxylic acids is 1. The van der Waals surface area contributed by atoms with Gasteiger partial charge in [-0.1, -0.05) is 45.7 Å². The van der Waals surface area contributed by atoms with Gasteiger partial charge in [-0.2, -0.15) is 0 Å². The third-order valence-electron chi connectivity index (χ3n) is 5.49. The number of benzene rings is 1. The molecule has 0 aromatic heterocycles. The third kappa shape index (κ3) is 10.5. The number of nitrogens with one attached hydrogen (secondary N) is 2. The standard InChI is InChI=1S/C24H37ClN4O6/c1-5-14(4)21(24(33)34)29-23(32)18(7-9-20(27)30)28-22(31)17-11-15(25)6-8-19(17)35-12-16(26)10-13(2)3/h6,8,11,13-14,16,18,21H,5,7,9-10,12,26H2,1-4H3,(H2,27,30)(H,28,31)(H,29,32)(H,33,34)/t14-,16-,18-,21-/m0/s1. The summed E-state index contributed by atoms with van der Waals surface area (Å²) in [6, 6.07) is 1.86. The van der Waals surface area contributed by atoms with Crippen LogP contribution >= 0.6 is 11.6 Å². The fourth-order valence-corrected chi connectivity index (χ4v) is 3.58. The van der Waals surface area contributed by atoms with E-state index in [-0.39, 0.29) is 47.7 Å².